The van der Waals surface area contributed by atoms with Crippen molar-refractivity contribution < 1.29 is 8.42 Å². The number of hydrogen-bond acceptors (Lipinski definition) is 4. The number of benzene rings is 1. The summed E-state index contributed by atoms with van der Waals surface area (Å²) in [6.07, 6.45) is 3.22. The molecule has 1 atom stereocenters. The molecule has 0 spiro atoms. The third-order valence-corrected chi connectivity index (χ3v) is 7.14. The van der Waals surface area contributed by atoms with Crippen LogP contribution in [0.1, 0.15) is 51.6 Å². The molecule has 0 aromatic heterocycles. The standard InChI is InChI=1S/C21H37N5O2S.HI/c1-5-22-21(23-13-10-14-25(4)29(27,28)6-2)24-18(3)19-11-9-12-20(17-19)26-15-7-8-16-26;/h9,11-12,17-18H,5-8,10,13-16H2,1-4H3,(H2,22,23,24);1H. The maximum atomic E-state index is 11.8. The van der Waals surface area contributed by atoms with Gasteiger partial charge in [0.1, 0.15) is 0 Å². The minimum atomic E-state index is -3.13. The van der Waals surface area contributed by atoms with E-state index in [2.05, 4.69) is 51.7 Å². The van der Waals surface area contributed by atoms with Crippen LogP contribution in [0.5, 0.6) is 0 Å². The van der Waals surface area contributed by atoms with Crippen molar-refractivity contribution in [3.63, 3.8) is 0 Å². The average Bonchev–Trinajstić information content (AvgIpc) is 3.26. The Morgan fingerprint density at radius 3 is 2.60 bits per heavy atom. The molecule has 1 unspecified atom stereocenters. The monoisotopic (exact) mass is 551 g/mol. The Balaban J connectivity index is 0.00000450. The van der Waals surface area contributed by atoms with Crippen LogP contribution in [0.2, 0.25) is 0 Å². The molecule has 7 nitrogen and oxygen atoms in total. The van der Waals surface area contributed by atoms with Gasteiger partial charge in [0, 0.05) is 45.5 Å². The molecular formula is C21H38IN5O2S. The first-order chi connectivity index (χ1) is 13.9. The van der Waals surface area contributed by atoms with Crippen LogP contribution in [0, 0.1) is 0 Å². The fraction of sp³-hybridized carbons (Fsp3) is 0.667. The summed E-state index contributed by atoms with van der Waals surface area (Å²) in [5.41, 5.74) is 2.52. The minimum Gasteiger partial charge on any atom is -0.372 e. The van der Waals surface area contributed by atoms with E-state index in [4.69, 9.17) is 0 Å². The number of anilines is 1. The second-order valence-corrected chi connectivity index (χ2v) is 9.86. The number of halogens is 1. The van der Waals surface area contributed by atoms with E-state index in [1.807, 2.05) is 6.92 Å². The van der Waals surface area contributed by atoms with Crippen LogP contribution in [-0.4, -0.2) is 64.2 Å². The van der Waals surface area contributed by atoms with Gasteiger partial charge in [-0.05, 0) is 57.7 Å². The van der Waals surface area contributed by atoms with Gasteiger partial charge in [0.05, 0.1) is 11.8 Å². The molecule has 1 saturated heterocycles. The summed E-state index contributed by atoms with van der Waals surface area (Å²) >= 11 is 0. The minimum absolute atomic E-state index is 0. The first kappa shape index (κ1) is 27.0. The molecule has 1 fully saturated rings. The lowest BCUT2D eigenvalue weighted by atomic mass is 10.1. The Kier molecular flexibility index (Phi) is 12.0. The third-order valence-electron chi connectivity index (χ3n) is 5.28. The second-order valence-electron chi connectivity index (χ2n) is 7.49. The van der Waals surface area contributed by atoms with E-state index in [-0.39, 0.29) is 35.8 Å². The lowest BCUT2D eigenvalue weighted by molar-refractivity contribution is 0.464. The van der Waals surface area contributed by atoms with Gasteiger partial charge in [-0.2, -0.15) is 0 Å². The van der Waals surface area contributed by atoms with Crippen LogP contribution in [0.4, 0.5) is 5.69 Å². The SMILES string of the molecule is CCNC(=NCCCN(C)S(=O)(=O)CC)NC(C)c1cccc(N2CCCC2)c1.I. The first-order valence-corrected chi connectivity index (χ1v) is 12.3. The Morgan fingerprint density at radius 1 is 1.27 bits per heavy atom. The van der Waals surface area contributed by atoms with Gasteiger partial charge in [-0.15, -0.1) is 24.0 Å². The molecule has 9 heteroatoms. The van der Waals surface area contributed by atoms with Crippen molar-refractivity contribution in [1.82, 2.24) is 14.9 Å². The van der Waals surface area contributed by atoms with Crippen molar-refractivity contribution in [1.29, 1.82) is 0 Å². The topological polar surface area (TPSA) is 77.0 Å². The number of rotatable bonds is 10. The molecule has 0 bridgehead atoms. The van der Waals surface area contributed by atoms with E-state index < -0.39 is 10.0 Å². The molecule has 1 aliphatic rings. The van der Waals surface area contributed by atoms with Crippen LogP contribution in [-0.2, 0) is 10.0 Å². The molecule has 172 valence electrons. The first-order valence-electron chi connectivity index (χ1n) is 10.7. The van der Waals surface area contributed by atoms with Crippen molar-refractivity contribution >= 4 is 45.6 Å². The summed E-state index contributed by atoms with van der Waals surface area (Å²) < 4.78 is 25.0. The van der Waals surface area contributed by atoms with Crippen LogP contribution in [0.25, 0.3) is 0 Å². The Labute approximate surface area is 199 Å². The maximum Gasteiger partial charge on any atom is 0.213 e. The fourth-order valence-corrected chi connectivity index (χ4v) is 4.27. The number of sulfonamides is 1. The zero-order valence-corrected chi connectivity index (χ0v) is 21.9. The highest BCUT2D eigenvalue weighted by atomic mass is 127. The van der Waals surface area contributed by atoms with Crippen molar-refractivity contribution in [3.8, 4) is 0 Å². The van der Waals surface area contributed by atoms with Crippen LogP contribution < -0.4 is 15.5 Å². The van der Waals surface area contributed by atoms with Gasteiger partial charge in [-0.1, -0.05) is 12.1 Å². The van der Waals surface area contributed by atoms with Gasteiger partial charge in [-0.25, -0.2) is 12.7 Å². The highest BCUT2D eigenvalue weighted by Crippen LogP contribution is 2.23. The molecule has 2 rings (SSSR count). The van der Waals surface area contributed by atoms with E-state index in [0.717, 1.165) is 25.6 Å². The lowest BCUT2D eigenvalue weighted by Gasteiger charge is -2.22. The van der Waals surface area contributed by atoms with Gasteiger partial charge >= 0.3 is 0 Å². The zero-order valence-electron chi connectivity index (χ0n) is 18.7. The van der Waals surface area contributed by atoms with Gasteiger partial charge in [0.25, 0.3) is 0 Å². The predicted molar refractivity (Wildman–Crippen MR) is 138 cm³/mol. The zero-order chi connectivity index (χ0) is 21.3. The molecule has 1 aliphatic heterocycles. The summed E-state index contributed by atoms with van der Waals surface area (Å²) in [4.78, 5) is 7.06. The highest BCUT2D eigenvalue weighted by Gasteiger charge is 2.15. The smallest absolute Gasteiger partial charge is 0.213 e. The van der Waals surface area contributed by atoms with Crippen LogP contribution >= 0.6 is 24.0 Å². The van der Waals surface area contributed by atoms with E-state index in [0.29, 0.717) is 19.5 Å². The number of hydrogen-bond donors (Lipinski definition) is 2. The Bertz CT molecular complexity index is 766. The fourth-order valence-electron chi connectivity index (χ4n) is 3.42. The average molecular weight is 552 g/mol. The van der Waals surface area contributed by atoms with E-state index in [1.165, 1.54) is 28.4 Å². The molecule has 0 aliphatic carbocycles. The van der Waals surface area contributed by atoms with Gasteiger partial charge in [-0.3, -0.25) is 4.99 Å². The number of aliphatic imine (C=N–C) groups is 1. The molecule has 0 radical (unpaired) electrons. The van der Waals surface area contributed by atoms with Crippen LogP contribution in [0.3, 0.4) is 0 Å². The molecule has 0 amide bonds. The predicted octanol–water partition coefficient (Wildman–Crippen LogP) is 3.19. The van der Waals surface area contributed by atoms with Crippen LogP contribution in [0.15, 0.2) is 29.3 Å². The second kappa shape index (κ2) is 13.4. The summed E-state index contributed by atoms with van der Waals surface area (Å²) in [6, 6.07) is 8.83. The van der Waals surface area contributed by atoms with E-state index in [1.54, 1.807) is 14.0 Å². The van der Waals surface area contributed by atoms with Crippen molar-refractivity contribution in [2.45, 2.75) is 46.1 Å². The molecule has 30 heavy (non-hydrogen) atoms. The molecule has 1 aromatic rings. The molecule has 1 aromatic carbocycles. The summed E-state index contributed by atoms with van der Waals surface area (Å²) in [7, 11) is -1.50. The molecule has 1 heterocycles. The summed E-state index contributed by atoms with van der Waals surface area (Å²) in [6.45, 7) is 9.93. The molecular weight excluding hydrogens is 513 g/mol. The third kappa shape index (κ3) is 8.22. The largest absolute Gasteiger partial charge is 0.372 e. The van der Waals surface area contributed by atoms with Crippen molar-refractivity contribution in [3.05, 3.63) is 29.8 Å². The molecule has 2 N–H and O–H groups in total. The van der Waals surface area contributed by atoms with Gasteiger partial charge in [0.15, 0.2) is 5.96 Å². The van der Waals surface area contributed by atoms with Gasteiger partial charge in [0.2, 0.25) is 10.0 Å². The maximum absolute atomic E-state index is 11.8. The Morgan fingerprint density at radius 2 is 1.97 bits per heavy atom. The number of nitrogens with zero attached hydrogens (tertiary/aromatic N) is 3. The van der Waals surface area contributed by atoms with Crippen molar-refractivity contribution in [2.75, 3.05) is 50.4 Å². The number of nitrogens with one attached hydrogen (secondary N) is 2. The lowest BCUT2D eigenvalue weighted by Crippen LogP contribution is -2.39. The summed E-state index contributed by atoms with van der Waals surface area (Å²) in [5, 5.41) is 6.75. The highest BCUT2D eigenvalue weighted by molar-refractivity contribution is 14.0. The van der Waals surface area contributed by atoms with E-state index in [9.17, 15) is 8.42 Å². The molecule has 0 saturated carbocycles. The Hall–Kier alpha value is -1.07. The van der Waals surface area contributed by atoms with E-state index >= 15 is 0 Å². The summed E-state index contributed by atoms with van der Waals surface area (Å²) in [5.74, 6) is 0.887. The number of guanidine groups is 1. The van der Waals surface area contributed by atoms with Crippen molar-refractivity contribution in [2.24, 2.45) is 4.99 Å². The van der Waals surface area contributed by atoms with Gasteiger partial charge < -0.3 is 15.5 Å². The normalized spacial score (nSPS) is 15.8. The quantitative estimate of drug-likeness (QED) is 0.202.